The van der Waals surface area contributed by atoms with Crippen LogP contribution in [-0.4, -0.2) is 53.0 Å². The van der Waals surface area contributed by atoms with Crippen molar-refractivity contribution in [1.82, 2.24) is 14.9 Å². The topological polar surface area (TPSA) is 87.4 Å². The molecule has 1 atom stereocenters. The predicted molar refractivity (Wildman–Crippen MR) is 96.8 cm³/mol. The minimum Gasteiger partial charge on any atom is -0.366 e. The number of hydrogen-bond donors (Lipinski definition) is 1. The Morgan fingerprint density at radius 1 is 1.32 bits per heavy atom. The molecule has 1 aromatic carbocycles. The summed E-state index contributed by atoms with van der Waals surface area (Å²) < 4.78 is 0. The average Bonchev–Trinajstić information content (AvgIpc) is 3.02. The summed E-state index contributed by atoms with van der Waals surface area (Å²) in [6.07, 6.45) is 2.61. The summed E-state index contributed by atoms with van der Waals surface area (Å²) in [6.45, 7) is 2.70. The summed E-state index contributed by atoms with van der Waals surface area (Å²) in [4.78, 5) is 23.1. The molecule has 2 heterocycles. The fourth-order valence-electron chi connectivity index (χ4n) is 2.96. The van der Waals surface area contributed by atoms with Gasteiger partial charge in [-0.15, -0.1) is 0 Å². The van der Waals surface area contributed by atoms with Crippen LogP contribution in [0.3, 0.4) is 0 Å². The normalized spacial score (nSPS) is 17.4. The van der Waals surface area contributed by atoms with Gasteiger partial charge in [0.1, 0.15) is 18.0 Å². The van der Waals surface area contributed by atoms with Gasteiger partial charge in [0.25, 0.3) is 5.69 Å². The molecule has 1 fully saturated rings. The highest BCUT2D eigenvalue weighted by atomic mass is 16.6. The Morgan fingerprint density at radius 2 is 2.08 bits per heavy atom. The minimum absolute atomic E-state index is 0.130. The molecule has 25 heavy (non-hydrogen) atoms. The molecular weight excluding hydrogens is 320 g/mol. The summed E-state index contributed by atoms with van der Waals surface area (Å²) >= 11 is 0. The van der Waals surface area contributed by atoms with E-state index in [-0.39, 0.29) is 10.6 Å². The van der Waals surface area contributed by atoms with Gasteiger partial charge in [0.15, 0.2) is 0 Å². The van der Waals surface area contributed by atoms with Crippen LogP contribution in [0, 0.1) is 10.1 Å². The van der Waals surface area contributed by atoms with Crippen LogP contribution in [0.5, 0.6) is 0 Å². The van der Waals surface area contributed by atoms with Crippen LogP contribution in [0.2, 0.25) is 0 Å². The van der Waals surface area contributed by atoms with E-state index in [1.807, 2.05) is 37.2 Å². The van der Waals surface area contributed by atoms with E-state index in [9.17, 15) is 10.1 Å². The summed E-state index contributed by atoms with van der Waals surface area (Å²) in [5.74, 6) is 1.71. The van der Waals surface area contributed by atoms with Crippen LogP contribution >= 0.6 is 0 Å². The molecule has 132 valence electrons. The van der Waals surface area contributed by atoms with Crippen molar-refractivity contribution < 1.29 is 4.92 Å². The number of rotatable bonds is 6. The third-order valence-electron chi connectivity index (χ3n) is 4.29. The second-order valence-corrected chi connectivity index (χ2v) is 6.44. The van der Waals surface area contributed by atoms with Gasteiger partial charge in [-0.25, -0.2) is 9.97 Å². The first kappa shape index (κ1) is 17.1. The van der Waals surface area contributed by atoms with Crippen LogP contribution < -0.4 is 10.2 Å². The van der Waals surface area contributed by atoms with E-state index >= 15 is 0 Å². The van der Waals surface area contributed by atoms with Gasteiger partial charge < -0.3 is 10.2 Å². The molecule has 0 aliphatic carbocycles. The maximum atomic E-state index is 10.7. The fraction of sp³-hybridized carbons (Fsp3) is 0.412. The second kappa shape index (κ2) is 7.43. The zero-order chi connectivity index (χ0) is 17.8. The Bertz CT molecular complexity index is 734. The lowest BCUT2D eigenvalue weighted by atomic mass is 10.2. The number of nitrogens with one attached hydrogen (secondary N) is 1. The molecule has 0 saturated carbocycles. The van der Waals surface area contributed by atoms with Crippen molar-refractivity contribution >= 4 is 17.3 Å². The third kappa shape index (κ3) is 4.42. The molecule has 1 N–H and O–H groups in total. The van der Waals surface area contributed by atoms with E-state index < -0.39 is 0 Å². The number of non-ortho nitro benzene ring substituents is 1. The van der Waals surface area contributed by atoms with Gasteiger partial charge in [0.05, 0.1) is 4.92 Å². The van der Waals surface area contributed by atoms with E-state index in [0.717, 1.165) is 43.3 Å². The summed E-state index contributed by atoms with van der Waals surface area (Å²) in [5.41, 5.74) is 1.22. The largest absolute Gasteiger partial charge is 0.366 e. The predicted octanol–water partition coefficient (Wildman–Crippen LogP) is 2.14. The van der Waals surface area contributed by atoms with E-state index in [1.165, 1.54) is 0 Å². The van der Waals surface area contributed by atoms with Crippen molar-refractivity contribution in [1.29, 1.82) is 0 Å². The van der Waals surface area contributed by atoms with Crippen molar-refractivity contribution in [3.8, 4) is 0 Å². The Hall–Kier alpha value is -2.74. The third-order valence-corrected chi connectivity index (χ3v) is 4.29. The molecule has 1 aliphatic rings. The first-order valence-electron chi connectivity index (χ1n) is 8.23. The average molecular weight is 342 g/mol. The monoisotopic (exact) mass is 342 g/mol. The van der Waals surface area contributed by atoms with E-state index in [2.05, 4.69) is 20.2 Å². The van der Waals surface area contributed by atoms with Gasteiger partial charge in [-0.3, -0.25) is 15.0 Å². The van der Waals surface area contributed by atoms with Crippen molar-refractivity contribution in [3.05, 3.63) is 52.3 Å². The number of aromatic nitrogens is 2. The number of likely N-dealkylation sites (tertiary alicyclic amines) is 1. The molecule has 3 rings (SSSR count). The maximum absolute atomic E-state index is 10.7. The number of nitrogens with zero attached hydrogens (tertiary/aromatic N) is 5. The number of nitro benzene ring substituents is 1. The Labute approximate surface area is 146 Å². The maximum Gasteiger partial charge on any atom is 0.269 e. The van der Waals surface area contributed by atoms with Crippen LogP contribution in [0.4, 0.5) is 17.3 Å². The molecule has 0 radical (unpaired) electrons. The molecule has 0 spiro atoms. The number of nitro groups is 1. The highest BCUT2D eigenvalue weighted by Gasteiger charge is 2.23. The van der Waals surface area contributed by atoms with Crippen molar-refractivity contribution in [3.63, 3.8) is 0 Å². The van der Waals surface area contributed by atoms with Crippen LogP contribution in [0.15, 0.2) is 36.7 Å². The van der Waals surface area contributed by atoms with Gasteiger partial charge in [-0.2, -0.15) is 0 Å². The molecule has 8 heteroatoms. The molecule has 2 aromatic rings. The standard InChI is InChI=1S/C17H22N6O2/c1-21(2)17-9-16(18-12-19-17)20-14-7-8-22(11-14)10-13-3-5-15(6-4-13)23(24)25/h3-6,9,12,14H,7-8,10-11H2,1-2H3,(H,18,19,20). The molecule has 1 aromatic heterocycles. The molecule has 8 nitrogen and oxygen atoms in total. The molecule has 0 bridgehead atoms. The summed E-state index contributed by atoms with van der Waals surface area (Å²) in [7, 11) is 3.90. The smallest absolute Gasteiger partial charge is 0.269 e. The van der Waals surface area contributed by atoms with E-state index in [4.69, 9.17) is 0 Å². The molecular formula is C17H22N6O2. The lowest BCUT2D eigenvalue weighted by Gasteiger charge is -2.18. The molecule has 1 aliphatic heterocycles. The van der Waals surface area contributed by atoms with Crippen molar-refractivity contribution in [2.24, 2.45) is 0 Å². The first-order valence-corrected chi connectivity index (χ1v) is 8.23. The van der Waals surface area contributed by atoms with E-state index in [1.54, 1.807) is 18.5 Å². The molecule has 1 unspecified atom stereocenters. The van der Waals surface area contributed by atoms with Gasteiger partial charge in [0, 0.05) is 58.0 Å². The van der Waals surface area contributed by atoms with Gasteiger partial charge in [0.2, 0.25) is 0 Å². The van der Waals surface area contributed by atoms with Crippen LogP contribution in [-0.2, 0) is 6.54 Å². The Morgan fingerprint density at radius 3 is 2.76 bits per heavy atom. The minimum atomic E-state index is -0.372. The van der Waals surface area contributed by atoms with Crippen LogP contribution in [0.1, 0.15) is 12.0 Å². The highest BCUT2D eigenvalue weighted by molar-refractivity contribution is 5.48. The lowest BCUT2D eigenvalue weighted by molar-refractivity contribution is -0.384. The fourth-order valence-corrected chi connectivity index (χ4v) is 2.96. The van der Waals surface area contributed by atoms with Crippen molar-refractivity contribution in [2.75, 3.05) is 37.4 Å². The highest BCUT2D eigenvalue weighted by Crippen LogP contribution is 2.19. The number of anilines is 2. The zero-order valence-corrected chi connectivity index (χ0v) is 14.4. The Balaban J connectivity index is 1.55. The first-order chi connectivity index (χ1) is 12.0. The number of benzene rings is 1. The molecule has 0 amide bonds. The van der Waals surface area contributed by atoms with Gasteiger partial charge in [-0.05, 0) is 12.0 Å². The summed E-state index contributed by atoms with van der Waals surface area (Å²) in [6, 6.07) is 9.05. The number of hydrogen-bond acceptors (Lipinski definition) is 7. The zero-order valence-electron chi connectivity index (χ0n) is 14.4. The van der Waals surface area contributed by atoms with Gasteiger partial charge in [-0.1, -0.05) is 12.1 Å². The molecule has 1 saturated heterocycles. The van der Waals surface area contributed by atoms with E-state index in [0.29, 0.717) is 6.04 Å². The van der Waals surface area contributed by atoms with Crippen molar-refractivity contribution in [2.45, 2.75) is 19.0 Å². The Kier molecular flexibility index (Phi) is 5.08. The quantitative estimate of drug-likeness (QED) is 0.635. The summed E-state index contributed by atoms with van der Waals surface area (Å²) in [5, 5.41) is 14.2. The van der Waals surface area contributed by atoms with Crippen LogP contribution in [0.25, 0.3) is 0 Å². The SMILES string of the molecule is CN(C)c1cc(NC2CCN(Cc3ccc([N+](=O)[O-])cc3)C2)ncn1. The lowest BCUT2D eigenvalue weighted by Crippen LogP contribution is -2.26. The second-order valence-electron chi connectivity index (χ2n) is 6.44. The van der Waals surface area contributed by atoms with Gasteiger partial charge >= 0.3 is 0 Å².